The molecule has 0 bridgehead atoms. The third kappa shape index (κ3) is 5.42. The van der Waals surface area contributed by atoms with Crippen LogP contribution in [0.4, 0.5) is 11.8 Å². The Balaban J connectivity index is 1.40. The first kappa shape index (κ1) is 23.6. The van der Waals surface area contributed by atoms with E-state index in [4.69, 9.17) is 9.97 Å². The molecule has 7 heteroatoms. The van der Waals surface area contributed by atoms with E-state index in [2.05, 4.69) is 28.4 Å². The van der Waals surface area contributed by atoms with Crippen LogP contribution in [0.15, 0.2) is 82.6 Å². The lowest BCUT2D eigenvalue weighted by Gasteiger charge is -2.33. The molecule has 0 unspecified atom stereocenters. The molecule has 6 nitrogen and oxygen atoms in total. The zero-order valence-electron chi connectivity index (χ0n) is 19.6. The summed E-state index contributed by atoms with van der Waals surface area (Å²) in [6.07, 6.45) is 2.10. The van der Waals surface area contributed by atoms with Crippen LogP contribution in [0.3, 0.4) is 0 Å². The molecule has 0 aliphatic carbocycles. The molecular formula is C28H30N4O2S. The van der Waals surface area contributed by atoms with Crippen molar-refractivity contribution in [2.75, 3.05) is 29.9 Å². The molecule has 35 heavy (non-hydrogen) atoms. The molecule has 0 radical (unpaired) electrons. The van der Waals surface area contributed by atoms with Gasteiger partial charge in [-0.05, 0) is 54.2 Å². The second-order valence-electron chi connectivity index (χ2n) is 8.85. The molecule has 3 aromatic carbocycles. The van der Waals surface area contributed by atoms with E-state index in [1.807, 2.05) is 54.6 Å². The molecule has 5 rings (SSSR count). The highest BCUT2D eigenvalue weighted by Gasteiger charge is 2.22. The number of para-hydroxylation sites is 1. The Morgan fingerprint density at radius 3 is 2.40 bits per heavy atom. The zero-order valence-corrected chi connectivity index (χ0v) is 20.4. The van der Waals surface area contributed by atoms with Gasteiger partial charge < -0.3 is 20.4 Å². The van der Waals surface area contributed by atoms with Crippen molar-refractivity contribution in [2.24, 2.45) is 5.92 Å². The van der Waals surface area contributed by atoms with E-state index in [1.54, 1.807) is 11.8 Å². The quantitative estimate of drug-likeness (QED) is 0.320. The predicted molar refractivity (Wildman–Crippen MR) is 142 cm³/mol. The number of rotatable bonds is 8. The van der Waals surface area contributed by atoms with Crippen molar-refractivity contribution < 1.29 is 10.2 Å². The lowest BCUT2D eigenvalue weighted by molar-refractivity contribution is 0.208. The van der Waals surface area contributed by atoms with Crippen LogP contribution in [-0.2, 0) is 13.2 Å². The predicted octanol–water partition coefficient (Wildman–Crippen LogP) is 5.09. The van der Waals surface area contributed by atoms with Gasteiger partial charge in [-0.15, -0.1) is 0 Å². The third-order valence-electron chi connectivity index (χ3n) is 6.43. The first-order valence-corrected chi connectivity index (χ1v) is 12.9. The molecule has 0 amide bonds. The highest BCUT2D eigenvalue weighted by atomic mass is 32.2. The van der Waals surface area contributed by atoms with Crippen molar-refractivity contribution in [3.63, 3.8) is 0 Å². The van der Waals surface area contributed by atoms with Gasteiger partial charge in [0.15, 0.2) is 0 Å². The van der Waals surface area contributed by atoms with E-state index >= 15 is 0 Å². The minimum absolute atomic E-state index is 0.0188. The molecule has 180 valence electrons. The Labute approximate surface area is 210 Å². The summed E-state index contributed by atoms with van der Waals surface area (Å²) >= 11 is 1.66. The molecule has 3 N–H and O–H groups in total. The molecule has 1 aliphatic rings. The summed E-state index contributed by atoms with van der Waals surface area (Å²) in [4.78, 5) is 14.2. The van der Waals surface area contributed by atoms with E-state index in [9.17, 15) is 10.2 Å². The van der Waals surface area contributed by atoms with Crippen LogP contribution < -0.4 is 10.2 Å². The minimum atomic E-state index is 0.0188. The summed E-state index contributed by atoms with van der Waals surface area (Å²) in [5.41, 5.74) is 2.97. The van der Waals surface area contributed by atoms with Gasteiger partial charge >= 0.3 is 0 Å². The van der Waals surface area contributed by atoms with Gasteiger partial charge in [0.25, 0.3) is 0 Å². The van der Waals surface area contributed by atoms with Crippen LogP contribution in [0, 0.1) is 5.92 Å². The van der Waals surface area contributed by atoms with Crippen LogP contribution in [0.1, 0.15) is 24.0 Å². The Morgan fingerprint density at radius 2 is 1.60 bits per heavy atom. The van der Waals surface area contributed by atoms with Crippen molar-refractivity contribution in [1.29, 1.82) is 0 Å². The largest absolute Gasteiger partial charge is 0.396 e. The molecule has 1 aromatic heterocycles. The van der Waals surface area contributed by atoms with Gasteiger partial charge in [0, 0.05) is 41.4 Å². The van der Waals surface area contributed by atoms with Gasteiger partial charge in [-0.3, -0.25) is 0 Å². The molecule has 0 spiro atoms. The SMILES string of the molecule is OCc1ccccc1Sc1ccccc1CNc1nc(N2CCC[C@@H](CO)C2)c2ccccc2n1. The number of nitrogens with zero attached hydrogens (tertiary/aromatic N) is 3. The maximum Gasteiger partial charge on any atom is 0.225 e. The van der Waals surface area contributed by atoms with E-state index in [1.165, 1.54) is 0 Å². The standard InChI is InChI=1S/C28H30N4O2S/c33-18-20-8-7-15-32(17-20)27-23-11-3-4-12-24(23)30-28(31-27)29-16-21-9-1-5-13-25(21)35-26-14-6-2-10-22(26)19-34/h1-6,9-14,20,33-34H,7-8,15-19H2,(H,29,30,31)/t20-/m1/s1. The van der Waals surface area contributed by atoms with Crippen molar-refractivity contribution >= 4 is 34.4 Å². The lowest BCUT2D eigenvalue weighted by Crippen LogP contribution is -2.37. The fourth-order valence-electron chi connectivity index (χ4n) is 4.56. The van der Waals surface area contributed by atoms with E-state index < -0.39 is 0 Å². The van der Waals surface area contributed by atoms with E-state index in [0.717, 1.165) is 63.6 Å². The topological polar surface area (TPSA) is 81.5 Å². The second kappa shape index (κ2) is 11.1. The number of fused-ring (bicyclic) bond motifs is 1. The van der Waals surface area contributed by atoms with E-state index in [0.29, 0.717) is 12.5 Å². The summed E-state index contributed by atoms with van der Waals surface area (Å²) in [6, 6.07) is 24.3. The summed E-state index contributed by atoms with van der Waals surface area (Å²) < 4.78 is 0. The van der Waals surface area contributed by atoms with Gasteiger partial charge in [-0.2, -0.15) is 4.98 Å². The number of aliphatic hydroxyl groups is 2. The summed E-state index contributed by atoms with van der Waals surface area (Å²) in [7, 11) is 0. The Kier molecular flexibility index (Phi) is 7.47. The van der Waals surface area contributed by atoms with Gasteiger partial charge in [0.05, 0.1) is 12.1 Å². The average molecular weight is 487 g/mol. The number of anilines is 2. The fraction of sp³-hybridized carbons (Fsp3) is 0.286. The van der Waals surface area contributed by atoms with Gasteiger partial charge in [0.2, 0.25) is 5.95 Å². The Morgan fingerprint density at radius 1 is 0.886 bits per heavy atom. The molecule has 0 saturated carbocycles. The number of nitrogens with one attached hydrogen (secondary N) is 1. The van der Waals surface area contributed by atoms with Crippen molar-refractivity contribution in [3.8, 4) is 0 Å². The smallest absolute Gasteiger partial charge is 0.225 e. The second-order valence-corrected chi connectivity index (χ2v) is 9.94. The first-order valence-electron chi connectivity index (χ1n) is 12.1. The van der Waals surface area contributed by atoms with Crippen molar-refractivity contribution in [3.05, 3.63) is 83.9 Å². The fourth-order valence-corrected chi connectivity index (χ4v) is 5.63. The third-order valence-corrected chi connectivity index (χ3v) is 7.67. The Hall–Kier alpha value is -3.13. The van der Waals surface area contributed by atoms with Crippen LogP contribution in [-0.4, -0.2) is 39.9 Å². The summed E-state index contributed by atoms with van der Waals surface area (Å²) in [5, 5.41) is 23.9. The Bertz CT molecular complexity index is 1300. The average Bonchev–Trinajstić information content (AvgIpc) is 2.92. The van der Waals surface area contributed by atoms with Crippen LogP contribution in [0.5, 0.6) is 0 Å². The number of piperidine rings is 1. The van der Waals surface area contributed by atoms with Gasteiger partial charge in [-0.25, -0.2) is 4.98 Å². The summed E-state index contributed by atoms with van der Waals surface area (Å²) in [5.74, 6) is 1.80. The molecule has 1 aliphatic heterocycles. The molecule has 2 heterocycles. The van der Waals surface area contributed by atoms with Crippen LogP contribution in [0.2, 0.25) is 0 Å². The zero-order chi connectivity index (χ0) is 24.0. The van der Waals surface area contributed by atoms with Gasteiger partial charge in [-0.1, -0.05) is 60.3 Å². The van der Waals surface area contributed by atoms with Crippen LogP contribution >= 0.6 is 11.8 Å². The number of hydrogen-bond donors (Lipinski definition) is 3. The molecule has 1 atom stereocenters. The monoisotopic (exact) mass is 486 g/mol. The van der Waals surface area contributed by atoms with E-state index in [-0.39, 0.29) is 19.1 Å². The number of aromatic nitrogens is 2. The highest BCUT2D eigenvalue weighted by molar-refractivity contribution is 7.99. The number of benzene rings is 3. The van der Waals surface area contributed by atoms with Crippen molar-refractivity contribution in [1.82, 2.24) is 9.97 Å². The van der Waals surface area contributed by atoms with Crippen molar-refractivity contribution in [2.45, 2.75) is 35.8 Å². The van der Waals surface area contributed by atoms with Gasteiger partial charge in [0.1, 0.15) is 5.82 Å². The molecular weight excluding hydrogens is 456 g/mol. The maximum atomic E-state index is 9.71. The molecule has 1 fully saturated rings. The normalized spacial score (nSPS) is 15.9. The molecule has 4 aromatic rings. The number of aliphatic hydroxyl groups excluding tert-OH is 2. The van der Waals surface area contributed by atoms with Crippen LogP contribution in [0.25, 0.3) is 10.9 Å². The lowest BCUT2D eigenvalue weighted by atomic mass is 9.99. The number of hydrogen-bond acceptors (Lipinski definition) is 7. The molecule has 1 saturated heterocycles. The summed E-state index contributed by atoms with van der Waals surface area (Å²) in [6.45, 7) is 2.55. The highest BCUT2D eigenvalue weighted by Crippen LogP contribution is 2.34. The first-order chi connectivity index (χ1) is 17.2. The maximum absolute atomic E-state index is 9.71. The minimum Gasteiger partial charge on any atom is -0.396 e.